The van der Waals surface area contributed by atoms with E-state index in [9.17, 15) is 14.4 Å². The molecule has 0 aliphatic carbocycles. The maximum atomic E-state index is 12.3. The van der Waals surface area contributed by atoms with Crippen LogP contribution in [0.25, 0.3) is 0 Å². The molecule has 0 spiro atoms. The number of nitrogens with zero attached hydrogens (tertiary/aromatic N) is 1. The van der Waals surface area contributed by atoms with E-state index in [0.29, 0.717) is 13.0 Å². The molecule has 0 bridgehead atoms. The Labute approximate surface area is 146 Å². The van der Waals surface area contributed by atoms with Crippen LogP contribution in [0.2, 0.25) is 0 Å². The molecule has 1 aromatic rings. The number of rotatable bonds is 7. The molecule has 1 atom stereocenters. The van der Waals surface area contributed by atoms with Gasteiger partial charge in [-0.15, -0.1) is 0 Å². The first-order valence-electron chi connectivity index (χ1n) is 8.32. The molecule has 0 aromatic heterocycles. The Morgan fingerprint density at radius 2 is 1.88 bits per heavy atom. The number of hydrogen-bond acceptors (Lipinski definition) is 4. The van der Waals surface area contributed by atoms with E-state index in [2.05, 4.69) is 0 Å². The molecule has 1 saturated heterocycles. The van der Waals surface area contributed by atoms with Gasteiger partial charge in [0.25, 0.3) is 0 Å². The van der Waals surface area contributed by atoms with E-state index in [1.807, 2.05) is 18.7 Å². The molecule has 1 heterocycles. The van der Waals surface area contributed by atoms with Crippen LogP contribution >= 0.6 is 0 Å². The Balaban J connectivity index is 2.05. The lowest BCUT2D eigenvalue weighted by molar-refractivity contribution is -0.133. The van der Waals surface area contributed by atoms with Crippen LogP contribution in [-0.4, -0.2) is 52.2 Å². The molecule has 1 aliphatic rings. The Morgan fingerprint density at radius 3 is 2.48 bits per heavy atom. The smallest absolute Gasteiger partial charge is 0.336 e. The molecule has 1 fully saturated rings. The lowest BCUT2D eigenvalue weighted by Crippen LogP contribution is -2.39. The first-order chi connectivity index (χ1) is 11.8. The number of hydrogen-bond donors (Lipinski definition) is 2. The van der Waals surface area contributed by atoms with E-state index >= 15 is 0 Å². The van der Waals surface area contributed by atoms with Gasteiger partial charge in [-0.25, -0.2) is 9.59 Å². The van der Waals surface area contributed by atoms with Crippen molar-refractivity contribution < 1.29 is 29.3 Å². The Kier molecular flexibility index (Phi) is 6.01. The minimum atomic E-state index is -1.32. The Bertz CT molecular complexity index is 670. The maximum Gasteiger partial charge on any atom is 0.336 e. The third-order valence-corrected chi connectivity index (χ3v) is 4.17. The quantitative estimate of drug-likeness (QED) is 0.784. The topological polar surface area (TPSA) is 104 Å². The van der Waals surface area contributed by atoms with Crippen LogP contribution in [0.15, 0.2) is 18.2 Å². The van der Waals surface area contributed by atoms with Gasteiger partial charge in [0.1, 0.15) is 12.4 Å². The summed E-state index contributed by atoms with van der Waals surface area (Å²) >= 11 is 0. The first kappa shape index (κ1) is 18.8. The highest BCUT2D eigenvalue weighted by Gasteiger charge is 2.29. The van der Waals surface area contributed by atoms with Crippen LogP contribution in [0, 0.1) is 5.92 Å². The van der Waals surface area contributed by atoms with E-state index in [0.717, 1.165) is 12.8 Å². The van der Waals surface area contributed by atoms with Gasteiger partial charge < -0.3 is 19.8 Å². The monoisotopic (exact) mass is 349 g/mol. The number of amides is 1. The summed E-state index contributed by atoms with van der Waals surface area (Å²) in [6.07, 6.45) is 2.24. The van der Waals surface area contributed by atoms with Crippen molar-refractivity contribution in [2.45, 2.75) is 39.2 Å². The first-order valence-corrected chi connectivity index (χ1v) is 8.32. The van der Waals surface area contributed by atoms with Gasteiger partial charge in [-0.05, 0) is 37.0 Å². The number of carbonyl (C=O) groups is 3. The molecule has 0 radical (unpaired) electrons. The predicted octanol–water partition coefficient (Wildman–Crippen LogP) is 2.50. The number of ether oxygens (including phenoxy) is 1. The normalized spacial score (nSPS) is 16.9. The van der Waals surface area contributed by atoms with Crippen LogP contribution in [0.5, 0.6) is 5.75 Å². The average Bonchev–Trinajstić information content (AvgIpc) is 3.00. The fraction of sp³-hybridized carbons (Fsp3) is 0.500. The zero-order chi connectivity index (χ0) is 18.6. The van der Waals surface area contributed by atoms with Crippen molar-refractivity contribution >= 4 is 17.8 Å². The third kappa shape index (κ3) is 4.71. The van der Waals surface area contributed by atoms with Crippen molar-refractivity contribution in [3.05, 3.63) is 29.3 Å². The van der Waals surface area contributed by atoms with Crippen molar-refractivity contribution in [1.29, 1.82) is 0 Å². The summed E-state index contributed by atoms with van der Waals surface area (Å²) in [4.78, 5) is 36.4. The molecule has 136 valence electrons. The van der Waals surface area contributed by atoms with Crippen molar-refractivity contribution in [2.24, 2.45) is 5.92 Å². The summed E-state index contributed by atoms with van der Waals surface area (Å²) in [6.45, 7) is 4.96. The van der Waals surface area contributed by atoms with Crippen molar-refractivity contribution in [2.75, 3.05) is 13.2 Å². The van der Waals surface area contributed by atoms with Crippen molar-refractivity contribution in [3.8, 4) is 5.75 Å². The molecular weight excluding hydrogens is 326 g/mol. The summed E-state index contributed by atoms with van der Waals surface area (Å²) in [6, 6.07) is 3.82. The van der Waals surface area contributed by atoms with Crippen LogP contribution in [0.4, 0.5) is 0 Å². The van der Waals surface area contributed by atoms with Gasteiger partial charge in [-0.3, -0.25) is 4.79 Å². The number of carbonyl (C=O) groups excluding carboxylic acids is 1. The molecule has 0 unspecified atom stereocenters. The lowest BCUT2D eigenvalue weighted by Gasteiger charge is -2.25. The SMILES string of the molecule is CC(C)CC(=O)N1CCC[C@H]1COc1ccc(C(=O)O)c(C(=O)O)c1. The van der Waals surface area contributed by atoms with E-state index in [4.69, 9.17) is 14.9 Å². The highest BCUT2D eigenvalue weighted by molar-refractivity contribution is 6.02. The molecule has 0 saturated carbocycles. The predicted molar refractivity (Wildman–Crippen MR) is 90.0 cm³/mol. The molecule has 7 nitrogen and oxygen atoms in total. The van der Waals surface area contributed by atoms with Gasteiger partial charge in [0.05, 0.1) is 17.2 Å². The second kappa shape index (κ2) is 8.00. The van der Waals surface area contributed by atoms with E-state index < -0.39 is 11.9 Å². The fourth-order valence-electron chi connectivity index (χ4n) is 2.97. The van der Waals surface area contributed by atoms with Gasteiger partial charge in [-0.1, -0.05) is 13.8 Å². The van der Waals surface area contributed by atoms with Crippen molar-refractivity contribution in [3.63, 3.8) is 0 Å². The number of benzene rings is 1. The van der Waals surface area contributed by atoms with E-state index in [1.165, 1.54) is 18.2 Å². The van der Waals surface area contributed by atoms with Crippen molar-refractivity contribution in [1.82, 2.24) is 4.90 Å². The summed E-state index contributed by atoms with van der Waals surface area (Å²) in [5.74, 6) is -1.95. The Morgan fingerprint density at radius 1 is 1.20 bits per heavy atom. The summed E-state index contributed by atoms with van der Waals surface area (Å²) in [5, 5.41) is 18.2. The van der Waals surface area contributed by atoms with Gasteiger partial charge in [0, 0.05) is 13.0 Å². The lowest BCUT2D eigenvalue weighted by atomic mass is 10.1. The fourth-order valence-corrected chi connectivity index (χ4v) is 2.97. The third-order valence-electron chi connectivity index (χ3n) is 4.17. The minimum Gasteiger partial charge on any atom is -0.491 e. The highest BCUT2D eigenvalue weighted by atomic mass is 16.5. The molecular formula is C18H23NO6. The number of likely N-dealkylation sites (tertiary alicyclic amines) is 1. The summed E-state index contributed by atoms with van der Waals surface area (Å²) < 4.78 is 5.65. The molecule has 1 aromatic carbocycles. The number of carboxylic acid groups (broad SMARTS) is 2. The van der Waals surface area contributed by atoms with Gasteiger partial charge in [-0.2, -0.15) is 0 Å². The standard InChI is InChI=1S/C18H23NO6/c1-11(2)8-16(20)19-7-3-4-12(19)10-25-13-5-6-14(17(21)22)15(9-13)18(23)24/h5-6,9,11-12H,3-4,7-8,10H2,1-2H3,(H,21,22)(H,23,24)/t12-/m0/s1. The second-order valence-corrected chi connectivity index (χ2v) is 6.61. The molecule has 1 aliphatic heterocycles. The molecule has 2 rings (SSSR count). The zero-order valence-electron chi connectivity index (χ0n) is 14.4. The minimum absolute atomic E-state index is 0.0429. The summed E-state index contributed by atoms with van der Waals surface area (Å²) in [5.41, 5.74) is -0.599. The van der Waals surface area contributed by atoms with E-state index in [1.54, 1.807) is 0 Å². The second-order valence-electron chi connectivity index (χ2n) is 6.61. The summed E-state index contributed by atoms with van der Waals surface area (Å²) in [7, 11) is 0. The molecule has 1 amide bonds. The zero-order valence-corrected chi connectivity index (χ0v) is 14.4. The molecule has 25 heavy (non-hydrogen) atoms. The van der Waals surface area contributed by atoms with Gasteiger partial charge in [0.2, 0.25) is 5.91 Å². The molecule has 2 N–H and O–H groups in total. The van der Waals surface area contributed by atoms with Gasteiger partial charge >= 0.3 is 11.9 Å². The number of aromatic carboxylic acids is 2. The highest BCUT2D eigenvalue weighted by Crippen LogP contribution is 2.23. The number of carboxylic acids is 2. The van der Waals surface area contributed by atoms with Crippen LogP contribution < -0.4 is 4.74 Å². The maximum absolute atomic E-state index is 12.3. The largest absolute Gasteiger partial charge is 0.491 e. The molecule has 7 heteroatoms. The van der Waals surface area contributed by atoms with E-state index in [-0.39, 0.29) is 41.4 Å². The van der Waals surface area contributed by atoms with Crippen LogP contribution in [0.3, 0.4) is 0 Å². The van der Waals surface area contributed by atoms with Crippen LogP contribution in [-0.2, 0) is 4.79 Å². The van der Waals surface area contributed by atoms with Crippen LogP contribution in [0.1, 0.15) is 53.8 Å². The Hall–Kier alpha value is -2.57. The van der Waals surface area contributed by atoms with Gasteiger partial charge in [0.15, 0.2) is 0 Å². The average molecular weight is 349 g/mol.